The third-order valence-corrected chi connectivity index (χ3v) is 1.99. The second-order valence-electron chi connectivity index (χ2n) is 3.14. The topological polar surface area (TPSA) is 9.23 Å². The molecule has 1 aromatic carbocycles. The van der Waals surface area contributed by atoms with Crippen molar-refractivity contribution in [3.8, 4) is 5.75 Å². The lowest BCUT2D eigenvalue weighted by Gasteiger charge is -2.10. The van der Waals surface area contributed by atoms with Gasteiger partial charge >= 0.3 is 6.36 Å². The first-order valence-electron chi connectivity index (χ1n) is 4.40. The second kappa shape index (κ2) is 4.38. The Morgan fingerprint density at radius 3 is 2.20 bits per heavy atom. The highest BCUT2D eigenvalue weighted by atomic mass is 19.4. The molecule has 0 saturated carbocycles. The van der Waals surface area contributed by atoms with Crippen molar-refractivity contribution in [2.45, 2.75) is 19.2 Å². The lowest BCUT2D eigenvalue weighted by Crippen LogP contribution is -2.17. The van der Waals surface area contributed by atoms with Gasteiger partial charge in [-0.15, -0.1) is 19.8 Å². The number of ether oxygens (including phenoxy) is 1. The SMILES string of the molecule is C=CC(C)c1ccc(OC(F)(F)F)cc1. The molecule has 0 aromatic heterocycles. The van der Waals surface area contributed by atoms with E-state index in [-0.39, 0.29) is 11.7 Å². The van der Waals surface area contributed by atoms with Crippen LogP contribution in [-0.2, 0) is 0 Å². The average Bonchev–Trinajstić information content (AvgIpc) is 2.15. The maximum atomic E-state index is 11.8. The Kier molecular flexibility index (Phi) is 3.39. The van der Waals surface area contributed by atoms with E-state index in [1.54, 1.807) is 18.2 Å². The van der Waals surface area contributed by atoms with Crippen molar-refractivity contribution >= 4 is 0 Å². The number of benzene rings is 1. The maximum absolute atomic E-state index is 11.8. The fourth-order valence-corrected chi connectivity index (χ4v) is 1.11. The molecule has 0 aliphatic rings. The molecule has 0 amide bonds. The summed E-state index contributed by atoms with van der Waals surface area (Å²) in [6.07, 6.45) is -2.91. The minimum Gasteiger partial charge on any atom is -0.406 e. The van der Waals surface area contributed by atoms with Crippen molar-refractivity contribution in [3.05, 3.63) is 42.5 Å². The van der Waals surface area contributed by atoms with Gasteiger partial charge in [-0.3, -0.25) is 0 Å². The predicted molar refractivity (Wildman–Crippen MR) is 51.7 cm³/mol. The second-order valence-corrected chi connectivity index (χ2v) is 3.14. The molecule has 4 heteroatoms. The zero-order chi connectivity index (χ0) is 11.5. The highest BCUT2D eigenvalue weighted by Gasteiger charge is 2.30. The molecule has 0 N–H and O–H groups in total. The van der Waals surface area contributed by atoms with Gasteiger partial charge in [0.05, 0.1) is 0 Å². The first-order valence-corrected chi connectivity index (χ1v) is 4.40. The van der Waals surface area contributed by atoms with Crippen LogP contribution in [-0.4, -0.2) is 6.36 Å². The molecule has 0 bridgehead atoms. The average molecular weight is 216 g/mol. The monoisotopic (exact) mass is 216 g/mol. The summed E-state index contributed by atoms with van der Waals surface area (Å²) in [7, 11) is 0. The van der Waals surface area contributed by atoms with E-state index < -0.39 is 6.36 Å². The van der Waals surface area contributed by atoms with Crippen LogP contribution in [0.2, 0.25) is 0 Å². The lowest BCUT2D eigenvalue weighted by molar-refractivity contribution is -0.274. The molecule has 1 atom stereocenters. The van der Waals surface area contributed by atoms with Gasteiger partial charge in [0.2, 0.25) is 0 Å². The zero-order valence-electron chi connectivity index (χ0n) is 8.21. The quantitative estimate of drug-likeness (QED) is 0.697. The van der Waals surface area contributed by atoms with Crippen molar-refractivity contribution in [3.63, 3.8) is 0 Å². The van der Waals surface area contributed by atoms with Gasteiger partial charge in [-0.2, -0.15) is 0 Å². The highest BCUT2D eigenvalue weighted by Crippen LogP contribution is 2.24. The summed E-state index contributed by atoms with van der Waals surface area (Å²) < 4.78 is 39.2. The van der Waals surface area contributed by atoms with E-state index in [0.29, 0.717) is 0 Å². The normalized spacial score (nSPS) is 13.3. The molecule has 0 fully saturated rings. The predicted octanol–water partition coefficient (Wildman–Crippen LogP) is 3.87. The van der Waals surface area contributed by atoms with E-state index >= 15 is 0 Å². The summed E-state index contributed by atoms with van der Waals surface area (Å²) in [4.78, 5) is 0. The molecule has 82 valence electrons. The fraction of sp³-hybridized carbons (Fsp3) is 0.273. The molecule has 0 aliphatic heterocycles. The van der Waals surface area contributed by atoms with E-state index in [1.807, 2.05) is 6.92 Å². The van der Waals surface area contributed by atoms with E-state index in [2.05, 4.69) is 11.3 Å². The van der Waals surface area contributed by atoms with E-state index in [0.717, 1.165) is 5.56 Å². The van der Waals surface area contributed by atoms with Gasteiger partial charge in [0.1, 0.15) is 5.75 Å². The zero-order valence-corrected chi connectivity index (χ0v) is 8.21. The van der Waals surface area contributed by atoms with Crippen LogP contribution in [0.4, 0.5) is 13.2 Å². The Morgan fingerprint density at radius 2 is 1.80 bits per heavy atom. The Hall–Kier alpha value is -1.45. The van der Waals surface area contributed by atoms with Crippen LogP contribution in [0.15, 0.2) is 36.9 Å². The molecule has 0 aliphatic carbocycles. The van der Waals surface area contributed by atoms with Crippen molar-refractivity contribution in [2.75, 3.05) is 0 Å². The Balaban J connectivity index is 2.77. The summed E-state index contributed by atoms with van der Waals surface area (Å²) in [6.45, 7) is 5.52. The first-order chi connectivity index (χ1) is 6.92. The molecule has 0 heterocycles. The maximum Gasteiger partial charge on any atom is 0.573 e. The molecule has 0 spiro atoms. The molecular weight excluding hydrogens is 205 g/mol. The fourth-order valence-electron chi connectivity index (χ4n) is 1.11. The van der Waals surface area contributed by atoms with Gasteiger partial charge in [0.25, 0.3) is 0 Å². The van der Waals surface area contributed by atoms with Crippen LogP contribution in [0, 0.1) is 0 Å². The van der Waals surface area contributed by atoms with Gasteiger partial charge in [0.15, 0.2) is 0 Å². The van der Waals surface area contributed by atoms with Crippen LogP contribution >= 0.6 is 0 Å². The van der Waals surface area contributed by atoms with Crippen molar-refractivity contribution in [2.24, 2.45) is 0 Å². The molecule has 1 aromatic rings. The molecule has 1 unspecified atom stereocenters. The van der Waals surface area contributed by atoms with Gasteiger partial charge in [0, 0.05) is 0 Å². The van der Waals surface area contributed by atoms with Crippen LogP contribution in [0.25, 0.3) is 0 Å². The minimum absolute atomic E-state index is 0.116. The summed E-state index contributed by atoms with van der Waals surface area (Å²) in [6, 6.07) is 5.77. The third-order valence-electron chi connectivity index (χ3n) is 1.99. The van der Waals surface area contributed by atoms with Gasteiger partial charge < -0.3 is 4.74 Å². The third kappa shape index (κ3) is 3.65. The van der Waals surface area contributed by atoms with Gasteiger partial charge in [-0.1, -0.05) is 25.1 Å². The smallest absolute Gasteiger partial charge is 0.406 e. The number of halogens is 3. The number of rotatable bonds is 3. The number of allylic oxidation sites excluding steroid dienone is 1. The molecule has 1 rings (SSSR count). The van der Waals surface area contributed by atoms with E-state index in [9.17, 15) is 13.2 Å². The van der Waals surface area contributed by atoms with Crippen LogP contribution in [0.3, 0.4) is 0 Å². The van der Waals surface area contributed by atoms with Crippen LogP contribution in [0.5, 0.6) is 5.75 Å². The molecule has 0 radical (unpaired) electrons. The molecular formula is C11H11F3O. The molecule has 0 saturated heterocycles. The van der Waals surface area contributed by atoms with Crippen molar-refractivity contribution in [1.29, 1.82) is 0 Å². The van der Waals surface area contributed by atoms with Crippen LogP contribution in [0.1, 0.15) is 18.4 Å². The summed E-state index contributed by atoms with van der Waals surface area (Å²) in [5.41, 5.74) is 0.902. The van der Waals surface area contributed by atoms with E-state index in [4.69, 9.17) is 0 Å². The number of hydrogen-bond acceptors (Lipinski definition) is 1. The minimum atomic E-state index is -4.63. The number of hydrogen-bond donors (Lipinski definition) is 0. The highest BCUT2D eigenvalue weighted by molar-refractivity contribution is 5.30. The Morgan fingerprint density at radius 1 is 1.27 bits per heavy atom. The Bertz CT molecular complexity index is 327. The largest absolute Gasteiger partial charge is 0.573 e. The molecule has 1 nitrogen and oxygen atoms in total. The van der Waals surface area contributed by atoms with Gasteiger partial charge in [-0.05, 0) is 23.6 Å². The summed E-state index contributed by atoms with van der Waals surface area (Å²) in [5.74, 6) is -0.0903. The van der Waals surface area contributed by atoms with Crippen LogP contribution < -0.4 is 4.74 Å². The Labute approximate surface area is 86.2 Å². The van der Waals surface area contributed by atoms with Crippen molar-refractivity contribution < 1.29 is 17.9 Å². The van der Waals surface area contributed by atoms with E-state index in [1.165, 1.54) is 12.1 Å². The standard InChI is InChI=1S/C11H11F3O/c1-3-8(2)9-4-6-10(7-5-9)15-11(12,13)14/h3-8H,1H2,2H3. The summed E-state index contributed by atoms with van der Waals surface area (Å²) >= 11 is 0. The van der Waals surface area contributed by atoms with Crippen molar-refractivity contribution in [1.82, 2.24) is 0 Å². The lowest BCUT2D eigenvalue weighted by atomic mass is 10.0. The number of alkyl halides is 3. The molecule has 15 heavy (non-hydrogen) atoms. The first kappa shape index (κ1) is 11.6. The summed E-state index contributed by atoms with van der Waals surface area (Å²) in [5, 5.41) is 0. The van der Waals surface area contributed by atoms with Gasteiger partial charge in [-0.25, -0.2) is 0 Å².